The van der Waals surface area contributed by atoms with Crippen molar-refractivity contribution in [3.05, 3.63) is 87.1 Å². The molecule has 5 nitrogen and oxygen atoms in total. The van der Waals surface area contributed by atoms with Gasteiger partial charge in [-0.05, 0) is 49.6 Å². The summed E-state index contributed by atoms with van der Waals surface area (Å²) in [5.74, 6) is -1.17. The molecule has 1 atom stereocenters. The maximum Gasteiger partial charge on any atom is 0.300 e. The number of rotatable bonds is 4. The Labute approximate surface area is 178 Å². The number of thiophene rings is 1. The number of carbonyl (C=O) groups is 2. The number of aryl methyl sites for hydroxylation is 2. The van der Waals surface area contributed by atoms with Crippen molar-refractivity contribution >= 4 is 34.5 Å². The topological polar surface area (TPSA) is 66.8 Å². The van der Waals surface area contributed by atoms with E-state index in [1.165, 1.54) is 23.3 Å². The molecule has 2 heterocycles. The third-order valence-electron chi connectivity index (χ3n) is 5.18. The van der Waals surface area contributed by atoms with Crippen LogP contribution in [0.25, 0.3) is 5.76 Å². The summed E-state index contributed by atoms with van der Waals surface area (Å²) >= 11 is 1.43. The molecule has 1 saturated heterocycles. The van der Waals surface area contributed by atoms with Crippen LogP contribution in [0.5, 0.6) is 5.75 Å². The number of hydrogen-bond acceptors (Lipinski definition) is 5. The molecule has 1 unspecified atom stereocenters. The number of amides is 1. The van der Waals surface area contributed by atoms with Crippen LogP contribution < -0.4 is 9.64 Å². The number of carbonyl (C=O) groups excluding carboxylic acids is 2. The number of Topliss-reactive ketones (excluding diaryl/α,β-unsaturated/α-hetero) is 1. The highest BCUT2D eigenvalue weighted by molar-refractivity contribution is 7.10. The second-order valence-corrected chi connectivity index (χ2v) is 8.20. The monoisotopic (exact) mass is 419 g/mol. The lowest BCUT2D eigenvalue weighted by molar-refractivity contribution is -0.132. The molecule has 0 bridgehead atoms. The molecule has 1 amide bonds. The predicted octanol–water partition coefficient (Wildman–Crippen LogP) is 5.00. The van der Waals surface area contributed by atoms with Crippen LogP contribution in [0.2, 0.25) is 0 Å². The second-order valence-electron chi connectivity index (χ2n) is 7.22. The summed E-state index contributed by atoms with van der Waals surface area (Å²) in [7, 11) is 1.50. The average molecular weight is 420 g/mol. The summed E-state index contributed by atoms with van der Waals surface area (Å²) in [6.07, 6.45) is 0. The summed E-state index contributed by atoms with van der Waals surface area (Å²) in [4.78, 5) is 28.4. The van der Waals surface area contributed by atoms with Crippen molar-refractivity contribution in [2.45, 2.75) is 19.9 Å². The van der Waals surface area contributed by atoms with Gasteiger partial charge in [-0.2, -0.15) is 0 Å². The molecule has 1 aromatic heterocycles. The summed E-state index contributed by atoms with van der Waals surface area (Å²) in [6.45, 7) is 3.84. The minimum absolute atomic E-state index is 0.0620. The van der Waals surface area contributed by atoms with Crippen molar-refractivity contribution in [2.24, 2.45) is 0 Å². The first kappa shape index (κ1) is 19.9. The molecule has 0 saturated carbocycles. The van der Waals surface area contributed by atoms with E-state index in [9.17, 15) is 14.7 Å². The lowest BCUT2D eigenvalue weighted by atomic mass is 9.98. The summed E-state index contributed by atoms with van der Waals surface area (Å²) in [5, 5.41) is 13.1. The van der Waals surface area contributed by atoms with Crippen molar-refractivity contribution in [1.29, 1.82) is 0 Å². The first-order valence-electron chi connectivity index (χ1n) is 9.48. The molecule has 0 spiro atoms. The largest absolute Gasteiger partial charge is 0.507 e. The molecule has 1 N–H and O–H groups in total. The van der Waals surface area contributed by atoms with Crippen molar-refractivity contribution < 1.29 is 19.4 Å². The number of ketones is 1. The average Bonchev–Trinajstić information content (AvgIpc) is 3.35. The quantitative estimate of drug-likeness (QED) is 0.367. The fourth-order valence-electron chi connectivity index (χ4n) is 3.67. The van der Waals surface area contributed by atoms with Gasteiger partial charge in [-0.15, -0.1) is 11.3 Å². The molecule has 3 aromatic rings. The van der Waals surface area contributed by atoms with E-state index in [1.54, 1.807) is 12.1 Å². The first-order chi connectivity index (χ1) is 14.4. The van der Waals surface area contributed by atoms with Crippen LogP contribution >= 0.6 is 11.3 Å². The van der Waals surface area contributed by atoms with E-state index in [2.05, 4.69) is 0 Å². The number of benzene rings is 2. The van der Waals surface area contributed by atoms with Gasteiger partial charge in [0, 0.05) is 10.6 Å². The highest BCUT2D eigenvalue weighted by atomic mass is 32.1. The van der Waals surface area contributed by atoms with Crippen LogP contribution in [0.1, 0.15) is 27.6 Å². The highest BCUT2D eigenvalue weighted by Crippen LogP contribution is 2.44. The van der Waals surface area contributed by atoms with Gasteiger partial charge in [0.05, 0.1) is 18.2 Å². The molecule has 0 radical (unpaired) electrons. The summed E-state index contributed by atoms with van der Waals surface area (Å²) in [6, 6.07) is 15.8. The molecule has 0 aliphatic carbocycles. The normalized spacial score (nSPS) is 18.1. The van der Waals surface area contributed by atoms with Gasteiger partial charge in [0.15, 0.2) is 0 Å². The van der Waals surface area contributed by atoms with Crippen LogP contribution in [0.15, 0.2) is 65.6 Å². The van der Waals surface area contributed by atoms with E-state index in [1.807, 2.05) is 61.7 Å². The van der Waals surface area contributed by atoms with Crippen LogP contribution in [0.4, 0.5) is 5.69 Å². The zero-order chi connectivity index (χ0) is 21.4. The van der Waals surface area contributed by atoms with E-state index in [4.69, 9.17) is 4.74 Å². The summed E-state index contributed by atoms with van der Waals surface area (Å²) < 4.78 is 5.39. The number of ether oxygens (including phenoxy) is 1. The van der Waals surface area contributed by atoms with Crippen LogP contribution in [0.3, 0.4) is 0 Å². The first-order valence-corrected chi connectivity index (χ1v) is 10.4. The van der Waals surface area contributed by atoms with Crippen molar-refractivity contribution in [2.75, 3.05) is 12.0 Å². The second kappa shape index (κ2) is 7.80. The third kappa shape index (κ3) is 3.29. The van der Waals surface area contributed by atoms with Gasteiger partial charge in [0.2, 0.25) is 0 Å². The van der Waals surface area contributed by atoms with E-state index in [0.717, 1.165) is 16.0 Å². The maximum absolute atomic E-state index is 13.1. The Hall–Kier alpha value is -3.38. The molecule has 1 fully saturated rings. The number of anilines is 1. The Balaban J connectivity index is 1.95. The Bertz CT molecular complexity index is 1150. The van der Waals surface area contributed by atoms with E-state index < -0.39 is 17.7 Å². The molecular formula is C24H21NO4S. The number of methoxy groups -OCH3 is 1. The van der Waals surface area contributed by atoms with E-state index in [0.29, 0.717) is 17.0 Å². The number of hydrogen-bond donors (Lipinski definition) is 1. The van der Waals surface area contributed by atoms with Gasteiger partial charge in [0.1, 0.15) is 17.6 Å². The fraction of sp³-hybridized carbons (Fsp3) is 0.167. The van der Waals surface area contributed by atoms with Gasteiger partial charge in [-0.3, -0.25) is 14.5 Å². The molecule has 1 aliphatic rings. The standard InChI is InChI=1S/C24H21NO4S/c1-14-6-9-16(10-7-14)25-21(19-5-4-12-30-19)20(23(27)24(25)28)22(26)17-13-15(2)8-11-18(17)29-3/h4-13,21,26H,1-3H3/b22-20-. The van der Waals surface area contributed by atoms with Crippen LogP contribution in [-0.2, 0) is 9.59 Å². The number of aliphatic hydroxyl groups is 1. The predicted molar refractivity (Wildman–Crippen MR) is 118 cm³/mol. The fourth-order valence-corrected chi connectivity index (χ4v) is 4.50. The Kier molecular flexibility index (Phi) is 5.18. The number of aliphatic hydroxyl groups excluding tert-OH is 1. The van der Waals surface area contributed by atoms with Crippen LogP contribution in [-0.4, -0.2) is 23.9 Å². The van der Waals surface area contributed by atoms with E-state index >= 15 is 0 Å². The molecule has 6 heteroatoms. The SMILES string of the molecule is COc1ccc(C)cc1/C(O)=C1/C(=O)C(=O)N(c2ccc(C)cc2)C1c1cccs1. The van der Waals surface area contributed by atoms with Crippen molar-refractivity contribution in [1.82, 2.24) is 0 Å². The lowest BCUT2D eigenvalue weighted by Gasteiger charge is -2.24. The lowest BCUT2D eigenvalue weighted by Crippen LogP contribution is -2.29. The minimum atomic E-state index is -0.713. The molecular weight excluding hydrogens is 398 g/mol. The highest BCUT2D eigenvalue weighted by Gasteiger charge is 2.47. The zero-order valence-corrected chi connectivity index (χ0v) is 17.7. The molecule has 4 rings (SSSR count). The van der Waals surface area contributed by atoms with Crippen LogP contribution in [0, 0.1) is 13.8 Å². The van der Waals surface area contributed by atoms with Gasteiger partial charge in [-0.25, -0.2) is 0 Å². The Morgan fingerprint density at radius 2 is 1.73 bits per heavy atom. The Morgan fingerprint density at radius 3 is 2.37 bits per heavy atom. The molecule has 30 heavy (non-hydrogen) atoms. The Morgan fingerprint density at radius 1 is 1.03 bits per heavy atom. The molecule has 152 valence electrons. The third-order valence-corrected chi connectivity index (χ3v) is 6.10. The minimum Gasteiger partial charge on any atom is -0.507 e. The van der Waals surface area contributed by atoms with Crippen molar-refractivity contribution in [3.63, 3.8) is 0 Å². The number of nitrogens with zero attached hydrogens (tertiary/aromatic N) is 1. The smallest absolute Gasteiger partial charge is 0.300 e. The van der Waals surface area contributed by atoms with E-state index in [-0.39, 0.29) is 11.3 Å². The summed E-state index contributed by atoms with van der Waals surface area (Å²) in [5.41, 5.74) is 3.01. The molecule has 1 aliphatic heterocycles. The molecule has 2 aromatic carbocycles. The van der Waals surface area contributed by atoms with Gasteiger partial charge in [-0.1, -0.05) is 35.4 Å². The maximum atomic E-state index is 13.1. The van der Waals surface area contributed by atoms with Gasteiger partial charge in [0.25, 0.3) is 11.7 Å². The van der Waals surface area contributed by atoms with Gasteiger partial charge >= 0.3 is 0 Å². The zero-order valence-electron chi connectivity index (χ0n) is 16.9. The van der Waals surface area contributed by atoms with Crippen molar-refractivity contribution in [3.8, 4) is 5.75 Å². The van der Waals surface area contributed by atoms with Gasteiger partial charge < -0.3 is 9.84 Å².